The van der Waals surface area contributed by atoms with Crippen molar-refractivity contribution in [1.29, 1.82) is 0 Å². The average Bonchev–Trinajstić information content (AvgIpc) is 3.47. The molecule has 3 aromatic heterocycles. The number of para-hydroxylation sites is 1. The summed E-state index contributed by atoms with van der Waals surface area (Å²) in [6, 6.07) is 14.2. The molecule has 0 aliphatic carbocycles. The number of ether oxygens (including phenoxy) is 2. The van der Waals surface area contributed by atoms with Crippen LogP contribution in [0.4, 0.5) is 0 Å². The zero-order valence-corrected chi connectivity index (χ0v) is 18.4. The highest BCUT2D eigenvalue weighted by Gasteiger charge is 2.15. The molecule has 5 rings (SSSR count). The number of hydrogen-bond acceptors (Lipinski definition) is 7. The minimum Gasteiger partial charge on any atom is -0.485 e. The Labute approximate surface area is 187 Å². The minimum atomic E-state index is 0.311. The molecule has 1 aliphatic heterocycles. The highest BCUT2D eigenvalue weighted by atomic mass is 16.5. The lowest BCUT2D eigenvalue weighted by atomic mass is 10.2. The monoisotopic (exact) mass is 432 g/mol. The molecule has 0 bridgehead atoms. The predicted octanol–water partition coefficient (Wildman–Crippen LogP) is 3.04. The Balaban J connectivity index is 0.000000775. The maximum absolute atomic E-state index is 6.07. The van der Waals surface area contributed by atoms with E-state index in [9.17, 15) is 0 Å². The number of pyridine rings is 2. The lowest BCUT2D eigenvalue weighted by molar-refractivity contribution is 0.277. The Kier molecular flexibility index (Phi) is 6.94. The molecule has 2 N–H and O–H groups in total. The highest BCUT2D eigenvalue weighted by Crippen LogP contribution is 2.24. The lowest BCUT2D eigenvalue weighted by Crippen LogP contribution is -2.29. The Morgan fingerprint density at radius 2 is 2.03 bits per heavy atom. The van der Waals surface area contributed by atoms with Gasteiger partial charge in [0.15, 0.2) is 11.5 Å². The molecule has 1 saturated heterocycles. The van der Waals surface area contributed by atoms with E-state index in [1.54, 1.807) is 20.4 Å². The number of fused-ring (bicyclic) bond motifs is 2. The summed E-state index contributed by atoms with van der Waals surface area (Å²) >= 11 is 0. The van der Waals surface area contributed by atoms with Crippen LogP contribution < -0.4 is 15.4 Å². The van der Waals surface area contributed by atoms with E-state index in [1.165, 1.54) is 0 Å². The molecule has 4 aromatic rings. The van der Waals surface area contributed by atoms with Crippen LogP contribution in [0.25, 0.3) is 22.2 Å². The standard InChI is InChI=1S/C22H22N6O.C2H6O/c1-15(25-17-8-10-23-12-17)16-6-7-21-26-27-22(28(21)13-16)14-29-20-9-11-24-19-5-3-2-4-18(19)20;1-3-2/h2-7,9,11,13,17,23,25H,1,8,10,12,14H2;1-2H3. The van der Waals surface area contributed by atoms with Crippen LogP contribution >= 0.6 is 0 Å². The van der Waals surface area contributed by atoms with Crippen molar-refractivity contribution in [2.24, 2.45) is 0 Å². The lowest BCUT2D eigenvalue weighted by Gasteiger charge is -2.15. The molecule has 8 heteroatoms. The fraction of sp³-hybridized carbons (Fsp3) is 0.292. The second kappa shape index (κ2) is 10.2. The Hall–Kier alpha value is -3.49. The molecular formula is C24H28N6O2. The summed E-state index contributed by atoms with van der Waals surface area (Å²) in [6.45, 7) is 6.52. The van der Waals surface area contributed by atoms with Crippen molar-refractivity contribution in [2.75, 3.05) is 27.3 Å². The molecule has 8 nitrogen and oxygen atoms in total. The zero-order valence-electron chi connectivity index (χ0n) is 18.4. The van der Waals surface area contributed by atoms with E-state index < -0.39 is 0 Å². The third-order valence-electron chi connectivity index (χ3n) is 5.23. The van der Waals surface area contributed by atoms with Crippen molar-refractivity contribution >= 4 is 22.2 Å². The van der Waals surface area contributed by atoms with Crippen LogP contribution in [-0.2, 0) is 11.3 Å². The molecule has 1 aliphatic rings. The fourth-order valence-electron chi connectivity index (χ4n) is 3.66. The molecule has 1 aromatic carbocycles. The summed E-state index contributed by atoms with van der Waals surface area (Å²) in [7, 11) is 3.25. The molecule has 32 heavy (non-hydrogen) atoms. The fourth-order valence-corrected chi connectivity index (χ4v) is 3.66. The van der Waals surface area contributed by atoms with E-state index in [0.29, 0.717) is 12.6 Å². The van der Waals surface area contributed by atoms with Gasteiger partial charge in [0.1, 0.15) is 12.4 Å². The number of aromatic nitrogens is 4. The summed E-state index contributed by atoms with van der Waals surface area (Å²) in [5, 5.41) is 16.4. The molecular weight excluding hydrogens is 404 g/mol. The number of methoxy groups -OCH3 is 1. The first kappa shape index (κ1) is 21.7. The largest absolute Gasteiger partial charge is 0.485 e. The van der Waals surface area contributed by atoms with Crippen LogP contribution in [0.2, 0.25) is 0 Å². The predicted molar refractivity (Wildman–Crippen MR) is 125 cm³/mol. The van der Waals surface area contributed by atoms with Crippen molar-refractivity contribution in [3.8, 4) is 5.75 Å². The second-order valence-electron chi connectivity index (χ2n) is 7.60. The van der Waals surface area contributed by atoms with Gasteiger partial charge in [-0.3, -0.25) is 9.38 Å². The van der Waals surface area contributed by atoms with Crippen LogP contribution in [0.5, 0.6) is 5.75 Å². The van der Waals surface area contributed by atoms with Crippen molar-refractivity contribution in [1.82, 2.24) is 30.2 Å². The molecule has 4 heterocycles. The third-order valence-corrected chi connectivity index (χ3v) is 5.23. The van der Waals surface area contributed by atoms with Gasteiger partial charge < -0.3 is 20.1 Å². The van der Waals surface area contributed by atoms with Gasteiger partial charge in [0.25, 0.3) is 0 Å². The Morgan fingerprint density at radius 1 is 1.19 bits per heavy atom. The van der Waals surface area contributed by atoms with E-state index in [0.717, 1.165) is 58.9 Å². The molecule has 0 saturated carbocycles. The van der Waals surface area contributed by atoms with Gasteiger partial charge in [-0.1, -0.05) is 18.7 Å². The first-order valence-corrected chi connectivity index (χ1v) is 10.6. The first-order valence-electron chi connectivity index (χ1n) is 10.6. The smallest absolute Gasteiger partial charge is 0.175 e. The minimum absolute atomic E-state index is 0.311. The van der Waals surface area contributed by atoms with Crippen LogP contribution in [0, 0.1) is 0 Å². The molecule has 0 radical (unpaired) electrons. The normalized spacial score (nSPS) is 15.4. The van der Waals surface area contributed by atoms with E-state index in [-0.39, 0.29) is 0 Å². The summed E-state index contributed by atoms with van der Waals surface area (Å²) in [4.78, 5) is 4.38. The maximum Gasteiger partial charge on any atom is 0.175 e. The maximum atomic E-state index is 6.07. The van der Waals surface area contributed by atoms with Crippen LogP contribution in [0.3, 0.4) is 0 Å². The topological polar surface area (TPSA) is 85.6 Å². The van der Waals surface area contributed by atoms with Gasteiger partial charge in [-0.2, -0.15) is 0 Å². The van der Waals surface area contributed by atoms with Crippen LogP contribution in [0.15, 0.2) is 61.4 Å². The molecule has 0 spiro atoms. The van der Waals surface area contributed by atoms with Crippen molar-refractivity contribution in [2.45, 2.75) is 19.1 Å². The summed E-state index contributed by atoms with van der Waals surface area (Å²) < 4.78 is 12.3. The molecule has 0 amide bonds. The SMILES string of the molecule is C=C(NC1CCNC1)c1ccc2nnc(COc3ccnc4ccccc34)n2c1.COC. The molecule has 1 unspecified atom stereocenters. The van der Waals surface area contributed by atoms with Gasteiger partial charge in [-0.15, -0.1) is 10.2 Å². The Morgan fingerprint density at radius 3 is 2.84 bits per heavy atom. The van der Waals surface area contributed by atoms with E-state index in [2.05, 4.69) is 37.1 Å². The van der Waals surface area contributed by atoms with Gasteiger partial charge in [0, 0.05) is 55.8 Å². The van der Waals surface area contributed by atoms with E-state index >= 15 is 0 Å². The quantitative estimate of drug-likeness (QED) is 0.484. The van der Waals surface area contributed by atoms with Crippen molar-refractivity contribution in [3.05, 3.63) is 72.8 Å². The number of benzene rings is 1. The van der Waals surface area contributed by atoms with Crippen molar-refractivity contribution in [3.63, 3.8) is 0 Å². The summed E-state index contributed by atoms with van der Waals surface area (Å²) in [5.74, 6) is 1.52. The Bertz CT molecular complexity index is 1190. The number of hydrogen-bond donors (Lipinski definition) is 2. The van der Waals surface area contributed by atoms with E-state index in [1.807, 2.05) is 53.1 Å². The number of nitrogens with one attached hydrogen (secondary N) is 2. The molecule has 1 fully saturated rings. The second-order valence-corrected chi connectivity index (χ2v) is 7.60. The van der Waals surface area contributed by atoms with Gasteiger partial charge in [0.2, 0.25) is 0 Å². The summed E-state index contributed by atoms with van der Waals surface area (Å²) in [5.41, 5.74) is 3.60. The van der Waals surface area contributed by atoms with Gasteiger partial charge >= 0.3 is 0 Å². The van der Waals surface area contributed by atoms with E-state index in [4.69, 9.17) is 4.74 Å². The van der Waals surface area contributed by atoms with Crippen LogP contribution in [0.1, 0.15) is 17.8 Å². The number of nitrogens with zero attached hydrogens (tertiary/aromatic N) is 4. The van der Waals surface area contributed by atoms with Gasteiger partial charge in [0.05, 0.1) is 5.52 Å². The van der Waals surface area contributed by atoms with Crippen LogP contribution in [-0.4, -0.2) is 52.9 Å². The van der Waals surface area contributed by atoms with Gasteiger partial charge in [-0.05, 0) is 43.3 Å². The number of rotatable bonds is 6. The third kappa shape index (κ3) is 4.87. The zero-order chi connectivity index (χ0) is 22.3. The molecule has 166 valence electrons. The van der Waals surface area contributed by atoms with Gasteiger partial charge in [-0.25, -0.2) is 0 Å². The summed E-state index contributed by atoms with van der Waals surface area (Å²) in [6.07, 6.45) is 4.87. The molecule has 1 atom stereocenters. The average molecular weight is 433 g/mol. The first-order chi connectivity index (χ1) is 15.7. The van der Waals surface area contributed by atoms with Crippen molar-refractivity contribution < 1.29 is 9.47 Å². The highest BCUT2D eigenvalue weighted by molar-refractivity contribution is 5.84.